The number of benzene rings is 2. The molecule has 0 aliphatic carbocycles. The molecule has 0 bridgehead atoms. The third kappa shape index (κ3) is 5.81. The molecule has 2 aromatic carbocycles. The Morgan fingerprint density at radius 2 is 1.77 bits per heavy atom. The minimum absolute atomic E-state index is 0.127. The maximum absolute atomic E-state index is 12.7. The predicted octanol–water partition coefficient (Wildman–Crippen LogP) is 4.74. The van der Waals surface area contributed by atoms with Crippen LogP contribution in [0.25, 0.3) is 0 Å². The Hall–Kier alpha value is -1.93. The van der Waals surface area contributed by atoms with Crippen LogP contribution in [0.15, 0.2) is 42.5 Å². The Kier molecular flexibility index (Phi) is 6.41. The SMILES string of the molecule is CCc1ccc(OCCS(=O)(=O)Nc2cc(C(F)(F)F)ccc2Cl)cc1. The first-order valence-corrected chi connectivity index (χ1v) is 9.73. The molecule has 0 aliphatic rings. The van der Waals surface area contributed by atoms with Gasteiger partial charge in [0, 0.05) is 0 Å². The highest BCUT2D eigenvalue weighted by Gasteiger charge is 2.31. The number of anilines is 1. The highest BCUT2D eigenvalue weighted by Crippen LogP contribution is 2.34. The quantitative estimate of drug-likeness (QED) is 0.721. The van der Waals surface area contributed by atoms with Crippen molar-refractivity contribution in [2.24, 2.45) is 0 Å². The van der Waals surface area contributed by atoms with Crippen LogP contribution in [0.2, 0.25) is 5.02 Å². The van der Waals surface area contributed by atoms with E-state index < -0.39 is 27.5 Å². The van der Waals surface area contributed by atoms with Gasteiger partial charge in [0.15, 0.2) is 0 Å². The molecule has 1 N–H and O–H groups in total. The molecule has 2 rings (SSSR count). The number of hydrogen-bond acceptors (Lipinski definition) is 3. The van der Waals surface area contributed by atoms with Gasteiger partial charge in [-0.25, -0.2) is 8.42 Å². The molecule has 0 amide bonds. The predicted molar refractivity (Wildman–Crippen MR) is 95.2 cm³/mol. The lowest BCUT2D eigenvalue weighted by molar-refractivity contribution is -0.137. The number of alkyl halides is 3. The number of halogens is 4. The monoisotopic (exact) mass is 407 g/mol. The molecule has 0 saturated heterocycles. The van der Waals surface area contributed by atoms with Crippen LogP contribution in [0.1, 0.15) is 18.1 Å². The van der Waals surface area contributed by atoms with E-state index in [1.807, 2.05) is 19.1 Å². The van der Waals surface area contributed by atoms with E-state index in [0.29, 0.717) is 11.8 Å². The van der Waals surface area contributed by atoms with Gasteiger partial charge in [-0.1, -0.05) is 30.7 Å². The van der Waals surface area contributed by atoms with Crippen LogP contribution in [-0.2, 0) is 22.6 Å². The summed E-state index contributed by atoms with van der Waals surface area (Å²) < 4.78 is 69.8. The second-order valence-electron chi connectivity index (χ2n) is 5.46. The standard InChI is InChI=1S/C17H17ClF3NO3S/c1-2-12-3-6-14(7-4-12)25-9-10-26(23,24)22-16-11-13(17(19,20)21)5-8-15(16)18/h3-8,11,22H,2,9-10H2,1H3. The Morgan fingerprint density at radius 3 is 2.35 bits per heavy atom. The number of rotatable bonds is 7. The van der Waals surface area contributed by atoms with Gasteiger partial charge in [0.2, 0.25) is 10.0 Å². The number of hydrogen-bond donors (Lipinski definition) is 1. The summed E-state index contributed by atoms with van der Waals surface area (Å²) in [6.45, 7) is 1.85. The summed E-state index contributed by atoms with van der Waals surface area (Å²) in [5, 5.41) is -0.127. The van der Waals surface area contributed by atoms with Crippen molar-refractivity contribution in [3.63, 3.8) is 0 Å². The Bertz CT molecular complexity index is 853. The van der Waals surface area contributed by atoms with Crippen LogP contribution in [0.5, 0.6) is 5.75 Å². The van der Waals surface area contributed by atoms with E-state index in [2.05, 4.69) is 4.72 Å². The van der Waals surface area contributed by atoms with Crippen molar-refractivity contribution in [3.8, 4) is 5.75 Å². The maximum Gasteiger partial charge on any atom is 0.416 e. The lowest BCUT2D eigenvalue weighted by Gasteiger charge is -2.13. The third-order valence-electron chi connectivity index (χ3n) is 3.51. The lowest BCUT2D eigenvalue weighted by atomic mass is 10.2. The van der Waals surface area contributed by atoms with Crippen LogP contribution in [0, 0.1) is 0 Å². The van der Waals surface area contributed by atoms with E-state index in [1.165, 1.54) is 0 Å². The molecular weight excluding hydrogens is 391 g/mol. The van der Waals surface area contributed by atoms with Crippen LogP contribution in [0.3, 0.4) is 0 Å². The van der Waals surface area contributed by atoms with E-state index in [0.717, 1.165) is 24.1 Å². The van der Waals surface area contributed by atoms with Crippen molar-refractivity contribution in [3.05, 3.63) is 58.6 Å². The summed E-state index contributed by atoms with van der Waals surface area (Å²) in [6.07, 6.45) is -3.73. The maximum atomic E-state index is 12.7. The largest absolute Gasteiger partial charge is 0.492 e. The van der Waals surface area contributed by atoms with Gasteiger partial charge in [-0.05, 0) is 42.3 Å². The third-order valence-corrected chi connectivity index (χ3v) is 5.08. The highest BCUT2D eigenvalue weighted by molar-refractivity contribution is 7.92. The zero-order valence-electron chi connectivity index (χ0n) is 13.8. The molecule has 26 heavy (non-hydrogen) atoms. The zero-order valence-corrected chi connectivity index (χ0v) is 15.4. The molecule has 0 fully saturated rings. The van der Waals surface area contributed by atoms with Crippen molar-refractivity contribution in [2.75, 3.05) is 17.1 Å². The van der Waals surface area contributed by atoms with Crippen LogP contribution in [0.4, 0.5) is 18.9 Å². The lowest BCUT2D eigenvalue weighted by Crippen LogP contribution is -2.21. The molecule has 0 atom stereocenters. The first kappa shape index (κ1) is 20.4. The van der Waals surface area contributed by atoms with Crippen LogP contribution in [-0.4, -0.2) is 20.8 Å². The normalized spacial score (nSPS) is 12.0. The summed E-state index contributed by atoms with van der Waals surface area (Å²) in [5.41, 5.74) is -0.202. The summed E-state index contributed by atoms with van der Waals surface area (Å²) in [4.78, 5) is 0. The van der Waals surface area contributed by atoms with Crippen LogP contribution < -0.4 is 9.46 Å². The van der Waals surface area contributed by atoms with Crippen molar-refractivity contribution in [1.29, 1.82) is 0 Å². The Labute approximate surface area is 155 Å². The molecule has 142 valence electrons. The van der Waals surface area contributed by atoms with Gasteiger partial charge in [-0.15, -0.1) is 0 Å². The fourth-order valence-corrected chi connectivity index (χ4v) is 3.22. The average molecular weight is 408 g/mol. The van der Waals surface area contributed by atoms with Gasteiger partial charge < -0.3 is 4.74 Å². The summed E-state index contributed by atoms with van der Waals surface area (Å²) in [6, 6.07) is 9.61. The van der Waals surface area contributed by atoms with E-state index in [-0.39, 0.29) is 17.3 Å². The fourth-order valence-electron chi connectivity index (χ4n) is 2.09. The van der Waals surface area contributed by atoms with Gasteiger partial charge in [0.25, 0.3) is 0 Å². The molecular formula is C17H17ClF3NO3S. The molecule has 4 nitrogen and oxygen atoms in total. The topological polar surface area (TPSA) is 55.4 Å². The molecule has 2 aromatic rings. The van der Waals surface area contributed by atoms with Gasteiger partial charge in [-0.2, -0.15) is 13.2 Å². The van der Waals surface area contributed by atoms with Crippen molar-refractivity contribution in [1.82, 2.24) is 0 Å². The summed E-state index contributed by atoms with van der Waals surface area (Å²) in [7, 11) is -3.93. The second kappa shape index (κ2) is 8.18. The van der Waals surface area contributed by atoms with E-state index in [4.69, 9.17) is 16.3 Å². The Balaban J connectivity index is 2.00. The van der Waals surface area contributed by atoms with Crippen molar-refractivity contribution in [2.45, 2.75) is 19.5 Å². The molecule has 0 saturated carbocycles. The van der Waals surface area contributed by atoms with Crippen LogP contribution >= 0.6 is 11.6 Å². The molecule has 0 aliphatic heterocycles. The molecule has 0 spiro atoms. The zero-order chi connectivity index (χ0) is 19.4. The van der Waals surface area contributed by atoms with Crippen molar-refractivity contribution < 1.29 is 26.3 Å². The average Bonchev–Trinajstić information content (AvgIpc) is 2.56. The molecule has 0 unspecified atom stereocenters. The number of ether oxygens (including phenoxy) is 1. The minimum atomic E-state index is -4.60. The van der Waals surface area contributed by atoms with Crippen molar-refractivity contribution >= 4 is 27.3 Å². The van der Waals surface area contributed by atoms with Gasteiger partial charge in [0.05, 0.1) is 16.3 Å². The summed E-state index contributed by atoms with van der Waals surface area (Å²) in [5.74, 6) is 0.0734. The Morgan fingerprint density at radius 1 is 1.12 bits per heavy atom. The minimum Gasteiger partial charge on any atom is -0.492 e. The second-order valence-corrected chi connectivity index (χ2v) is 7.71. The highest BCUT2D eigenvalue weighted by atomic mass is 35.5. The summed E-state index contributed by atoms with van der Waals surface area (Å²) >= 11 is 5.79. The molecule has 0 aromatic heterocycles. The van der Waals surface area contributed by atoms with Gasteiger partial charge in [-0.3, -0.25) is 4.72 Å². The smallest absolute Gasteiger partial charge is 0.416 e. The number of nitrogens with one attached hydrogen (secondary N) is 1. The number of aryl methyl sites for hydroxylation is 1. The first-order chi connectivity index (χ1) is 12.1. The van der Waals surface area contributed by atoms with E-state index >= 15 is 0 Å². The van der Waals surface area contributed by atoms with E-state index in [1.54, 1.807) is 12.1 Å². The van der Waals surface area contributed by atoms with Gasteiger partial charge >= 0.3 is 6.18 Å². The molecule has 0 heterocycles. The van der Waals surface area contributed by atoms with E-state index in [9.17, 15) is 21.6 Å². The fraction of sp³-hybridized carbons (Fsp3) is 0.294. The molecule has 9 heteroatoms. The molecule has 0 radical (unpaired) electrons. The van der Waals surface area contributed by atoms with Gasteiger partial charge in [0.1, 0.15) is 18.1 Å². The first-order valence-electron chi connectivity index (χ1n) is 7.69. The number of sulfonamides is 1.